The van der Waals surface area contributed by atoms with Gasteiger partial charge < -0.3 is 14.0 Å². The van der Waals surface area contributed by atoms with E-state index in [0.717, 1.165) is 29.2 Å². The molecule has 1 aromatic carbocycles. The van der Waals surface area contributed by atoms with Gasteiger partial charge in [0, 0.05) is 20.4 Å². The molecule has 1 heterocycles. The van der Waals surface area contributed by atoms with Gasteiger partial charge in [-0.15, -0.1) is 0 Å². The van der Waals surface area contributed by atoms with Crippen molar-refractivity contribution in [2.45, 2.75) is 38.8 Å². The van der Waals surface area contributed by atoms with Gasteiger partial charge in [-0.1, -0.05) is 37.8 Å². The van der Waals surface area contributed by atoms with Crippen LogP contribution in [0.1, 0.15) is 5.69 Å². The minimum atomic E-state index is -1.09. The summed E-state index contributed by atoms with van der Waals surface area (Å²) in [5.74, 6) is -0.230. The van der Waals surface area contributed by atoms with E-state index in [1.165, 1.54) is 7.11 Å². The number of hydrogen-bond donors (Lipinski definition) is 0. The number of para-hydroxylation sites is 1. The van der Waals surface area contributed by atoms with Gasteiger partial charge in [-0.3, -0.25) is 4.79 Å². The van der Waals surface area contributed by atoms with E-state index in [9.17, 15) is 4.79 Å². The van der Waals surface area contributed by atoms with Crippen LogP contribution in [0.5, 0.6) is 0 Å². The molecule has 2 aromatic rings. The van der Waals surface area contributed by atoms with Gasteiger partial charge in [0.1, 0.15) is 6.73 Å². The van der Waals surface area contributed by atoms with Gasteiger partial charge >= 0.3 is 5.97 Å². The highest BCUT2D eigenvalue weighted by molar-refractivity contribution is 6.76. The number of carbonyl (C=O) groups is 1. The highest BCUT2D eigenvalue weighted by Crippen LogP contribution is 2.21. The topological polar surface area (TPSA) is 40.5 Å². The van der Waals surface area contributed by atoms with Crippen LogP contribution in [0.2, 0.25) is 25.7 Å². The molecule has 0 radical (unpaired) electrons. The van der Waals surface area contributed by atoms with Gasteiger partial charge in [0.25, 0.3) is 0 Å². The Morgan fingerprint density at radius 1 is 1.23 bits per heavy atom. The molecule has 0 fully saturated rings. The molecule has 4 nitrogen and oxygen atoms in total. The second kappa shape index (κ2) is 7.11. The van der Waals surface area contributed by atoms with Crippen molar-refractivity contribution in [1.29, 1.82) is 0 Å². The van der Waals surface area contributed by atoms with Crippen LogP contribution in [0.3, 0.4) is 0 Å². The van der Waals surface area contributed by atoms with Gasteiger partial charge in [0.2, 0.25) is 0 Å². The fraction of sp³-hybridized carbons (Fsp3) is 0.471. The lowest BCUT2D eigenvalue weighted by Crippen LogP contribution is -2.22. The van der Waals surface area contributed by atoms with E-state index in [1.807, 2.05) is 18.2 Å². The number of carbonyl (C=O) groups excluding carboxylic acids is 1. The minimum absolute atomic E-state index is 0.230. The molecule has 0 N–H and O–H groups in total. The zero-order valence-electron chi connectivity index (χ0n) is 13.9. The van der Waals surface area contributed by atoms with Crippen LogP contribution in [0.4, 0.5) is 0 Å². The molecule has 0 bridgehead atoms. The average Bonchev–Trinajstić information content (AvgIpc) is 2.80. The number of aromatic nitrogens is 1. The van der Waals surface area contributed by atoms with E-state index < -0.39 is 8.07 Å². The summed E-state index contributed by atoms with van der Waals surface area (Å²) < 4.78 is 12.7. The van der Waals surface area contributed by atoms with Crippen LogP contribution in [0.25, 0.3) is 10.9 Å². The van der Waals surface area contributed by atoms with Crippen LogP contribution < -0.4 is 0 Å². The van der Waals surface area contributed by atoms with E-state index in [2.05, 4.69) is 36.3 Å². The standard InChI is InChI=1S/C17H25NO3Si/c1-20-17(19)12-15-11-14-7-5-6-8-16(14)18(15)13-21-9-10-22(2,3)4/h5-8,11H,9-10,12-13H2,1-4H3. The highest BCUT2D eigenvalue weighted by Gasteiger charge is 2.14. The molecule has 0 amide bonds. The molecule has 0 atom stereocenters. The molecule has 2 rings (SSSR count). The summed E-state index contributed by atoms with van der Waals surface area (Å²) in [6, 6.07) is 11.3. The SMILES string of the molecule is COC(=O)Cc1cc2ccccc2n1COCC[Si](C)(C)C. The van der Waals surface area contributed by atoms with E-state index in [0.29, 0.717) is 6.73 Å². The lowest BCUT2D eigenvalue weighted by molar-refractivity contribution is -0.139. The maximum atomic E-state index is 11.6. The normalized spacial score (nSPS) is 11.8. The molecular weight excluding hydrogens is 294 g/mol. The van der Waals surface area contributed by atoms with Crippen molar-refractivity contribution in [3.05, 3.63) is 36.0 Å². The number of methoxy groups -OCH3 is 1. The fourth-order valence-corrected chi connectivity index (χ4v) is 3.08. The van der Waals surface area contributed by atoms with E-state index in [-0.39, 0.29) is 12.4 Å². The Labute approximate surface area is 133 Å². The molecular formula is C17H25NO3Si. The molecule has 0 unspecified atom stereocenters. The first-order valence-electron chi connectivity index (χ1n) is 7.62. The van der Waals surface area contributed by atoms with Gasteiger partial charge in [-0.25, -0.2) is 0 Å². The fourth-order valence-electron chi connectivity index (χ4n) is 2.32. The van der Waals surface area contributed by atoms with Crippen molar-refractivity contribution in [1.82, 2.24) is 4.57 Å². The largest absolute Gasteiger partial charge is 0.469 e. The van der Waals surface area contributed by atoms with Crippen LogP contribution in [-0.4, -0.2) is 32.3 Å². The molecule has 0 saturated heterocycles. The molecule has 22 heavy (non-hydrogen) atoms. The third-order valence-electron chi connectivity index (χ3n) is 3.67. The monoisotopic (exact) mass is 319 g/mol. The van der Waals surface area contributed by atoms with E-state index in [4.69, 9.17) is 9.47 Å². The summed E-state index contributed by atoms with van der Waals surface area (Å²) in [6.07, 6.45) is 0.266. The smallest absolute Gasteiger partial charge is 0.311 e. The van der Waals surface area contributed by atoms with Crippen LogP contribution in [0.15, 0.2) is 30.3 Å². The summed E-state index contributed by atoms with van der Waals surface area (Å²) >= 11 is 0. The second-order valence-corrected chi connectivity index (χ2v) is 12.3. The number of ether oxygens (including phenoxy) is 2. The molecule has 0 aliphatic rings. The maximum absolute atomic E-state index is 11.6. The first-order chi connectivity index (χ1) is 10.4. The van der Waals surface area contributed by atoms with Gasteiger partial charge in [-0.2, -0.15) is 0 Å². The van der Waals surface area contributed by atoms with E-state index in [1.54, 1.807) is 0 Å². The van der Waals surface area contributed by atoms with Crippen LogP contribution >= 0.6 is 0 Å². The maximum Gasteiger partial charge on any atom is 0.311 e. The average molecular weight is 319 g/mol. The quantitative estimate of drug-likeness (QED) is 0.444. The van der Waals surface area contributed by atoms with Crippen molar-refractivity contribution in [2.24, 2.45) is 0 Å². The van der Waals surface area contributed by atoms with Gasteiger partial charge in [-0.05, 0) is 23.6 Å². The zero-order chi connectivity index (χ0) is 16.2. The number of rotatable bonds is 7. The second-order valence-electron chi connectivity index (χ2n) is 6.72. The Hall–Kier alpha value is -1.59. The number of benzene rings is 1. The van der Waals surface area contributed by atoms with Crippen molar-refractivity contribution in [3.63, 3.8) is 0 Å². The third kappa shape index (κ3) is 4.45. The summed E-state index contributed by atoms with van der Waals surface area (Å²) in [4.78, 5) is 11.6. The first-order valence-corrected chi connectivity index (χ1v) is 11.3. The lowest BCUT2D eigenvalue weighted by Gasteiger charge is -2.16. The summed E-state index contributed by atoms with van der Waals surface area (Å²) in [5, 5.41) is 1.12. The Morgan fingerprint density at radius 3 is 2.64 bits per heavy atom. The number of fused-ring (bicyclic) bond motifs is 1. The number of esters is 1. The Balaban J connectivity index is 2.14. The molecule has 5 heteroatoms. The Morgan fingerprint density at radius 2 is 1.95 bits per heavy atom. The van der Waals surface area contributed by atoms with Crippen molar-refractivity contribution >= 4 is 24.9 Å². The Kier molecular flexibility index (Phi) is 5.42. The Bertz CT molecular complexity index is 643. The summed E-state index contributed by atoms with van der Waals surface area (Å²) in [5.41, 5.74) is 2.02. The predicted molar refractivity (Wildman–Crippen MR) is 91.8 cm³/mol. The highest BCUT2D eigenvalue weighted by atomic mass is 28.3. The molecule has 120 valence electrons. The van der Waals surface area contributed by atoms with E-state index >= 15 is 0 Å². The zero-order valence-corrected chi connectivity index (χ0v) is 14.9. The van der Waals surface area contributed by atoms with Crippen molar-refractivity contribution in [2.75, 3.05) is 13.7 Å². The van der Waals surface area contributed by atoms with Crippen LogP contribution in [0, 0.1) is 0 Å². The molecule has 0 saturated carbocycles. The van der Waals surface area contributed by atoms with Crippen LogP contribution in [-0.2, 0) is 27.4 Å². The summed E-state index contributed by atoms with van der Waals surface area (Å²) in [7, 11) is 0.330. The third-order valence-corrected chi connectivity index (χ3v) is 5.37. The summed E-state index contributed by atoms with van der Waals surface area (Å²) in [6.45, 7) is 8.25. The molecule has 0 aliphatic heterocycles. The number of hydrogen-bond acceptors (Lipinski definition) is 3. The minimum Gasteiger partial charge on any atom is -0.469 e. The molecule has 1 aromatic heterocycles. The molecule has 0 spiro atoms. The van der Waals surface area contributed by atoms with Crippen molar-refractivity contribution < 1.29 is 14.3 Å². The first kappa shape index (κ1) is 16.8. The van der Waals surface area contributed by atoms with Gasteiger partial charge in [0.05, 0.1) is 19.0 Å². The predicted octanol–water partition coefficient (Wildman–Crippen LogP) is 3.67. The molecule has 0 aliphatic carbocycles. The van der Waals surface area contributed by atoms with Crippen molar-refractivity contribution in [3.8, 4) is 0 Å². The lowest BCUT2D eigenvalue weighted by atomic mass is 10.2. The van der Waals surface area contributed by atoms with Gasteiger partial charge in [0.15, 0.2) is 0 Å². The number of nitrogens with zero attached hydrogens (tertiary/aromatic N) is 1.